The zero-order valence-electron chi connectivity index (χ0n) is 21.9. The summed E-state index contributed by atoms with van der Waals surface area (Å²) in [6, 6.07) is 12.0. The summed E-state index contributed by atoms with van der Waals surface area (Å²) >= 11 is 0. The van der Waals surface area contributed by atoms with E-state index in [2.05, 4.69) is 28.1 Å². The van der Waals surface area contributed by atoms with Gasteiger partial charge in [0.05, 0.1) is 17.0 Å². The lowest BCUT2D eigenvalue weighted by Crippen LogP contribution is -2.47. The summed E-state index contributed by atoms with van der Waals surface area (Å²) < 4.78 is 27.9. The third kappa shape index (κ3) is 4.43. The number of carbonyl (C=O) groups is 1. The van der Waals surface area contributed by atoms with Crippen LogP contribution in [0.4, 0.5) is 8.78 Å². The van der Waals surface area contributed by atoms with Crippen LogP contribution in [0.5, 0.6) is 0 Å². The minimum absolute atomic E-state index is 0.0831. The van der Waals surface area contributed by atoms with Crippen molar-refractivity contribution >= 4 is 11.5 Å². The Morgan fingerprint density at radius 1 is 1.24 bits per heavy atom. The van der Waals surface area contributed by atoms with Gasteiger partial charge in [0.15, 0.2) is 0 Å². The number of hydrogen-bond donors (Lipinski definition) is 0. The minimum atomic E-state index is -2.94. The molecule has 2 aliphatic heterocycles. The molecular weight excluding hydrogens is 482 g/mol. The van der Waals surface area contributed by atoms with Gasteiger partial charge in [-0.05, 0) is 72.9 Å². The van der Waals surface area contributed by atoms with E-state index >= 15 is 0 Å². The Balaban J connectivity index is 1.16. The first kappa shape index (κ1) is 25.2. The summed E-state index contributed by atoms with van der Waals surface area (Å²) in [7, 11) is 0. The van der Waals surface area contributed by atoms with Crippen molar-refractivity contribution in [3.8, 4) is 6.07 Å². The van der Waals surface area contributed by atoms with Crippen LogP contribution in [-0.2, 0) is 23.7 Å². The summed E-state index contributed by atoms with van der Waals surface area (Å²) in [6.07, 6.45) is 10.2. The van der Waals surface area contributed by atoms with E-state index in [0.29, 0.717) is 37.0 Å². The van der Waals surface area contributed by atoms with Gasteiger partial charge in [-0.15, -0.1) is 0 Å². The SMILES string of the molecule is CC(F)(F)c1cnc2c(c1)CN(C(=O)C13CCCC1CC(N1CC=C(c4cccc(C#N)c4)CC1)C3)CC2. The van der Waals surface area contributed by atoms with E-state index in [-0.39, 0.29) is 16.9 Å². The van der Waals surface area contributed by atoms with Gasteiger partial charge in [-0.2, -0.15) is 5.26 Å². The molecular formula is C31H34F2N4O. The molecule has 0 radical (unpaired) electrons. The summed E-state index contributed by atoms with van der Waals surface area (Å²) in [4.78, 5) is 22.9. The highest BCUT2D eigenvalue weighted by Crippen LogP contribution is 2.56. The Hall–Kier alpha value is -3.11. The lowest BCUT2D eigenvalue weighted by molar-refractivity contribution is -0.144. The van der Waals surface area contributed by atoms with Gasteiger partial charge in [-0.25, -0.2) is 8.78 Å². The summed E-state index contributed by atoms with van der Waals surface area (Å²) in [6.45, 7) is 3.70. The maximum absolute atomic E-state index is 14.1. The second kappa shape index (κ2) is 9.57. The Labute approximate surface area is 223 Å². The van der Waals surface area contributed by atoms with E-state index < -0.39 is 5.92 Å². The highest BCUT2D eigenvalue weighted by Gasteiger charge is 2.57. The fraction of sp³-hybridized carbons (Fsp3) is 0.516. The van der Waals surface area contributed by atoms with Crippen molar-refractivity contribution in [2.45, 2.75) is 70.4 Å². The summed E-state index contributed by atoms with van der Waals surface area (Å²) in [5.41, 5.74) is 4.29. The zero-order valence-corrected chi connectivity index (χ0v) is 21.9. The molecule has 2 aliphatic carbocycles. The predicted molar refractivity (Wildman–Crippen MR) is 141 cm³/mol. The van der Waals surface area contributed by atoms with Gasteiger partial charge in [0.25, 0.3) is 5.92 Å². The van der Waals surface area contributed by atoms with Crippen molar-refractivity contribution in [2.75, 3.05) is 19.6 Å². The van der Waals surface area contributed by atoms with Gasteiger partial charge in [-0.3, -0.25) is 14.7 Å². The minimum Gasteiger partial charge on any atom is -0.337 e. The van der Waals surface area contributed by atoms with Crippen molar-refractivity contribution in [3.05, 3.63) is 70.6 Å². The van der Waals surface area contributed by atoms with Crippen LogP contribution in [0.1, 0.15) is 73.4 Å². The van der Waals surface area contributed by atoms with E-state index in [1.54, 1.807) is 6.07 Å². The first-order valence-electron chi connectivity index (χ1n) is 13.9. The molecule has 2 saturated carbocycles. The van der Waals surface area contributed by atoms with Gasteiger partial charge >= 0.3 is 0 Å². The molecule has 6 rings (SSSR count). The Morgan fingerprint density at radius 3 is 2.87 bits per heavy atom. The number of hydrogen-bond acceptors (Lipinski definition) is 4. The van der Waals surface area contributed by atoms with Crippen LogP contribution in [0, 0.1) is 22.7 Å². The number of aromatic nitrogens is 1. The van der Waals surface area contributed by atoms with Crippen LogP contribution in [0.15, 0.2) is 42.6 Å². The monoisotopic (exact) mass is 516 g/mol. The third-order valence-electron chi connectivity index (χ3n) is 9.49. The molecule has 3 atom stereocenters. The third-order valence-corrected chi connectivity index (χ3v) is 9.49. The molecule has 0 spiro atoms. The van der Waals surface area contributed by atoms with Crippen molar-refractivity contribution in [2.24, 2.45) is 11.3 Å². The largest absolute Gasteiger partial charge is 0.337 e. The summed E-state index contributed by atoms with van der Waals surface area (Å²) in [5.74, 6) is -2.32. The quantitative estimate of drug-likeness (QED) is 0.524. The lowest BCUT2D eigenvalue weighted by Gasteiger charge is -2.38. The Bertz CT molecular complexity index is 1330. The maximum Gasteiger partial charge on any atom is 0.272 e. The number of pyridine rings is 1. The van der Waals surface area contributed by atoms with Crippen LogP contribution in [0.2, 0.25) is 0 Å². The molecule has 4 aliphatic rings. The molecule has 2 aromatic rings. The highest BCUT2D eigenvalue weighted by atomic mass is 19.3. The molecule has 3 unspecified atom stereocenters. The second-order valence-corrected chi connectivity index (χ2v) is 11.7. The number of fused-ring (bicyclic) bond motifs is 2. The standard InChI is InChI=1S/C31H34F2N4O/c1-30(32,33)26-15-24-20-37(13-9-28(24)35-19-26)29(38)31-10-3-6-25(31)16-27(17-31)36-11-7-22(8-12-36)23-5-2-4-21(14-23)18-34/h2,4-5,7,14-15,19,25,27H,3,6,8-13,16-17,20H2,1H3. The fourth-order valence-electron chi connectivity index (χ4n) is 7.46. The Morgan fingerprint density at radius 2 is 2.11 bits per heavy atom. The molecule has 7 heteroatoms. The number of benzene rings is 1. The molecule has 1 aromatic heterocycles. The maximum atomic E-state index is 14.1. The number of rotatable bonds is 4. The van der Waals surface area contributed by atoms with Gasteiger partial charge in [-0.1, -0.05) is 24.6 Å². The molecule has 0 bridgehead atoms. The summed E-state index contributed by atoms with van der Waals surface area (Å²) in [5, 5.41) is 9.24. The number of nitriles is 1. The highest BCUT2D eigenvalue weighted by molar-refractivity contribution is 5.84. The second-order valence-electron chi connectivity index (χ2n) is 11.7. The molecule has 2 fully saturated rings. The van der Waals surface area contributed by atoms with Crippen LogP contribution in [0.25, 0.3) is 5.57 Å². The molecule has 1 aromatic carbocycles. The average molecular weight is 517 g/mol. The number of carbonyl (C=O) groups excluding carboxylic acids is 1. The zero-order chi connectivity index (χ0) is 26.5. The van der Waals surface area contributed by atoms with Crippen LogP contribution < -0.4 is 0 Å². The Kier molecular flexibility index (Phi) is 6.34. The molecule has 5 nitrogen and oxygen atoms in total. The molecule has 198 valence electrons. The van der Waals surface area contributed by atoms with Gasteiger partial charge in [0.2, 0.25) is 5.91 Å². The van der Waals surface area contributed by atoms with Gasteiger partial charge in [0, 0.05) is 63.0 Å². The van der Waals surface area contributed by atoms with Gasteiger partial charge < -0.3 is 4.90 Å². The van der Waals surface area contributed by atoms with E-state index in [4.69, 9.17) is 0 Å². The fourth-order valence-corrected chi connectivity index (χ4v) is 7.46. The lowest BCUT2D eigenvalue weighted by atomic mass is 9.78. The smallest absolute Gasteiger partial charge is 0.272 e. The molecule has 38 heavy (non-hydrogen) atoms. The predicted octanol–water partition coefficient (Wildman–Crippen LogP) is 5.69. The van der Waals surface area contributed by atoms with E-state index in [9.17, 15) is 18.8 Å². The number of nitrogens with zero attached hydrogens (tertiary/aromatic N) is 4. The van der Waals surface area contributed by atoms with Crippen molar-refractivity contribution in [1.82, 2.24) is 14.8 Å². The van der Waals surface area contributed by atoms with E-state index in [1.807, 2.05) is 23.1 Å². The van der Waals surface area contributed by atoms with E-state index in [1.165, 1.54) is 11.8 Å². The topological polar surface area (TPSA) is 60.2 Å². The first-order chi connectivity index (χ1) is 18.3. The number of alkyl halides is 2. The van der Waals surface area contributed by atoms with Crippen LogP contribution in [0.3, 0.4) is 0 Å². The van der Waals surface area contributed by atoms with E-state index in [0.717, 1.165) is 75.4 Å². The molecule has 3 heterocycles. The number of amides is 1. The van der Waals surface area contributed by atoms with Crippen LogP contribution >= 0.6 is 0 Å². The van der Waals surface area contributed by atoms with Crippen LogP contribution in [-0.4, -0.2) is 46.4 Å². The normalized spacial score (nSPS) is 27.4. The number of halogens is 2. The molecule has 1 amide bonds. The molecule has 0 N–H and O–H groups in total. The first-order valence-corrected chi connectivity index (χ1v) is 13.9. The average Bonchev–Trinajstić information content (AvgIpc) is 3.50. The van der Waals surface area contributed by atoms with Crippen molar-refractivity contribution < 1.29 is 13.6 Å². The van der Waals surface area contributed by atoms with Crippen molar-refractivity contribution in [3.63, 3.8) is 0 Å². The van der Waals surface area contributed by atoms with Gasteiger partial charge in [0.1, 0.15) is 0 Å². The molecule has 0 saturated heterocycles. The van der Waals surface area contributed by atoms with Crippen molar-refractivity contribution in [1.29, 1.82) is 5.26 Å².